The maximum atomic E-state index is 5.40. The summed E-state index contributed by atoms with van der Waals surface area (Å²) in [7, 11) is 3.29. The highest BCUT2D eigenvalue weighted by molar-refractivity contribution is 6.07. The van der Waals surface area contributed by atoms with Crippen molar-refractivity contribution in [1.82, 2.24) is 9.97 Å². The smallest absolute Gasteiger partial charge is 0.160 e. The van der Waals surface area contributed by atoms with Gasteiger partial charge in [0.15, 0.2) is 11.5 Å². The van der Waals surface area contributed by atoms with E-state index < -0.39 is 0 Å². The Morgan fingerprint density at radius 3 is 2.58 bits per heavy atom. The Kier molecular flexibility index (Phi) is 3.58. The van der Waals surface area contributed by atoms with Crippen molar-refractivity contribution in [3.63, 3.8) is 0 Å². The van der Waals surface area contributed by atoms with Gasteiger partial charge in [0.2, 0.25) is 0 Å². The number of hydrogen-bond acceptors (Lipinski definition) is 3. The highest BCUT2D eigenvalue weighted by Gasteiger charge is 2.11. The molecule has 4 rings (SSSR count). The van der Waals surface area contributed by atoms with Crippen LogP contribution in [0.3, 0.4) is 0 Å². The van der Waals surface area contributed by atoms with Gasteiger partial charge in [0, 0.05) is 28.9 Å². The van der Waals surface area contributed by atoms with Gasteiger partial charge in [-0.1, -0.05) is 24.3 Å². The van der Waals surface area contributed by atoms with Gasteiger partial charge in [-0.25, -0.2) is 0 Å². The molecule has 24 heavy (non-hydrogen) atoms. The molecule has 0 aliphatic carbocycles. The van der Waals surface area contributed by atoms with Crippen LogP contribution in [-0.2, 0) is 6.42 Å². The number of hydrogen-bond donors (Lipinski definition) is 1. The van der Waals surface area contributed by atoms with Crippen LogP contribution in [0.4, 0.5) is 0 Å². The number of rotatable bonds is 4. The number of ether oxygens (including phenoxy) is 2. The zero-order valence-corrected chi connectivity index (χ0v) is 13.7. The second-order valence-corrected chi connectivity index (χ2v) is 5.72. The van der Waals surface area contributed by atoms with E-state index in [-0.39, 0.29) is 0 Å². The molecule has 0 spiro atoms. The van der Waals surface area contributed by atoms with Gasteiger partial charge >= 0.3 is 0 Å². The van der Waals surface area contributed by atoms with E-state index >= 15 is 0 Å². The molecular weight excluding hydrogens is 300 g/mol. The molecule has 0 saturated heterocycles. The topological polar surface area (TPSA) is 47.1 Å². The molecular formula is C20H18N2O2. The van der Waals surface area contributed by atoms with Gasteiger partial charge < -0.3 is 14.5 Å². The van der Waals surface area contributed by atoms with Crippen LogP contribution in [0, 0.1) is 0 Å². The number of aromatic amines is 1. The normalized spacial score (nSPS) is 11.1. The molecule has 120 valence electrons. The Morgan fingerprint density at radius 2 is 1.75 bits per heavy atom. The summed E-state index contributed by atoms with van der Waals surface area (Å²) in [5, 5.41) is 2.43. The third kappa shape index (κ3) is 2.36. The van der Waals surface area contributed by atoms with Crippen molar-refractivity contribution < 1.29 is 9.47 Å². The number of methoxy groups -OCH3 is 2. The molecule has 0 atom stereocenters. The van der Waals surface area contributed by atoms with E-state index in [1.54, 1.807) is 14.2 Å². The minimum atomic E-state index is 0.727. The summed E-state index contributed by atoms with van der Waals surface area (Å²) in [6, 6.07) is 16.4. The third-order valence-corrected chi connectivity index (χ3v) is 4.33. The van der Waals surface area contributed by atoms with Gasteiger partial charge in [0.05, 0.1) is 25.4 Å². The predicted octanol–water partition coefficient (Wildman–Crippen LogP) is 4.32. The number of benzene rings is 2. The quantitative estimate of drug-likeness (QED) is 0.609. The third-order valence-electron chi connectivity index (χ3n) is 4.33. The highest BCUT2D eigenvalue weighted by atomic mass is 16.5. The van der Waals surface area contributed by atoms with Crippen LogP contribution in [0.25, 0.3) is 21.8 Å². The Balaban J connectivity index is 1.80. The molecule has 0 aliphatic heterocycles. The van der Waals surface area contributed by atoms with Crippen LogP contribution >= 0.6 is 0 Å². The van der Waals surface area contributed by atoms with Crippen molar-refractivity contribution in [2.75, 3.05) is 14.2 Å². The van der Waals surface area contributed by atoms with Crippen LogP contribution in [-0.4, -0.2) is 24.2 Å². The first kappa shape index (κ1) is 14.6. The number of nitrogens with one attached hydrogen (secondary N) is 1. The van der Waals surface area contributed by atoms with Crippen LogP contribution in [0.5, 0.6) is 11.5 Å². The van der Waals surface area contributed by atoms with Crippen LogP contribution in [0.15, 0.2) is 54.7 Å². The number of aromatic nitrogens is 2. The van der Waals surface area contributed by atoms with E-state index in [9.17, 15) is 0 Å². The summed E-state index contributed by atoms with van der Waals surface area (Å²) in [5.74, 6) is 1.47. The number of H-pyrrole nitrogens is 1. The molecule has 0 amide bonds. The van der Waals surface area contributed by atoms with E-state index in [0.29, 0.717) is 0 Å². The molecule has 0 radical (unpaired) electrons. The molecule has 4 nitrogen and oxygen atoms in total. The molecule has 0 bridgehead atoms. The first-order valence-corrected chi connectivity index (χ1v) is 7.85. The fourth-order valence-electron chi connectivity index (χ4n) is 3.15. The SMILES string of the molecule is COc1ccc(Cc2nccc3c2[nH]c2ccccc23)cc1OC. The van der Waals surface area contributed by atoms with Gasteiger partial charge in [0.1, 0.15) is 0 Å². The van der Waals surface area contributed by atoms with Crippen molar-refractivity contribution in [3.05, 3.63) is 66.0 Å². The summed E-state index contributed by atoms with van der Waals surface area (Å²) < 4.78 is 10.7. The van der Waals surface area contributed by atoms with Crippen molar-refractivity contribution in [2.24, 2.45) is 0 Å². The lowest BCUT2D eigenvalue weighted by atomic mass is 10.1. The van der Waals surface area contributed by atoms with Crippen molar-refractivity contribution >= 4 is 21.8 Å². The second-order valence-electron chi connectivity index (χ2n) is 5.72. The first-order valence-electron chi connectivity index (χ1n) is 7.85. The minimum absolute atomic E-state index is 0.727. The van der Waals surface area contributed by atoms with E-state index in [4.69, 9.17) is 9.47 Å². The van der Waals surface area contributed by atoms with Crippen LogP contribution in [0.1, 0.15) is 11.3 Å². The average Bonchev–Trinajstić information content (AvgIpc) is 3.01. The summed E-state index contributed by atoms with van der Waals surface area (Å²) >= 11 is 0. The second kappa shape index (κ2) is 5.89. The Bertz CT molecular complexity index is 1020. The lowest BCUT2D eigenvalue weighted by Crippen LogP contribution is -1.96. The van der Waals surface area contributed by atoms with Gasteiger partial charge in [-0.3, -0.25) is 4.98 Å². The molecule has 0 unspecified atom stereocenters. The zero-order chi connectivity index (χ0) is 16.5. The molecule has 0 aliphatic rings. The lowest BCUT2D eigenvalue weighted by molar-refractivity contribution is 0.354. The molecule has 2 aromatic carbocycles. The van der Waals surface area contributed by atoms with Crippen LogP contribution < -0.4 is 9.47 Å². The lowest BCUT2D eigenvalue weighted by Gasteiger charge is -2.09. The fraction of sp³-hybridized carbons (Fsp3) is 0.150. The summed E-state index contributed by atoms with van der Waals surface area (Å²) in [6.45, 7) is 0. The number of nitrogens with zero attached hydrogens (tertiary/aromatic N) is 1. The van der Waals surface area contributed by atoms with Gasteiger partial charge in [0.25, 0.3) is 0 Å². The Hall–Kier alpha value is -3.01. The first-order chi connectivity index (χ1) is 11.8. The monoisotopic (exact) mass is 318 g/mol. The van der Waals surface area contributed by atoms with Gasteiger partial charge in [-0.15, -0.1) is 0 Å². The van der Waals surface area contributed by atoms with Gasteiger partial charge in [-0.05, 0) is 29.8 Å². The number of pyridine rings is 1. The number of para-hydroxylation sites is 1. The average molecular weight is 318 g/mol. The van der Waals surface area contributed by atoms with E-state index in [1.807, 2.05) is 30.5 Å². The number of fused-ring (bicyclic) bond motifs is 3. The summed E-state index contributed by atoms with van der Waals surface area (Å²) in [4.78, 5) is 8.09. The fourth-order valence-corrected chi connectivity index (χ4v) is 3.15. The molecule has 2 heterocycles. The van der Waals surface area contributed by atoms with Crippen LogP contribution in [0.2, 0.25) is 0 Å². The van der Waals surface area contributed by atoms with Crippen molar-refractivity contribution in [1.29, 1.82) is 0 Å². The zero-order valence-electron chi connectivity index (χ0n) is 13.7. The Morgan fingerprint density at radius 1 is 0.917 bits per heavy atom. The summed E-state index contributed by atoms with van der Waals surface area (Å²) in [5.41, 5.74) is 4.38. The molecule has 4 heteroatoms. The van der Waals surface area contributed by atoms with E-state index in [0.717, 1.165) is 40.2 Å². The molecule has 0 fully saturated rings. The minimum Gasteiger partial charge on any atom is -0.493 e. The van der Waals surface area contributed by atoms with E-state index in [2.05, 4.69) is 34.2 Å². The largest absolute Gasteiger partial charge is 0.493 e. The molecule has 4 aromatic rings. The highest BCUT2D eigenvalue weighted by Crippen LogP contribution is 2.30. The van der Waals surface area contributed by atoms with Crippen molar-refractivity contribution in [2.45, 2.75) is 6.42 Å². The molecule has 1 N–H and O–H groups in total. The van der Waals surface area contributed by atoms with E-state index in [1.165, 1.54) is 10.8 Å². The van der Waals surface area contributed by atoms with Gasteiger partial charge in [-0.2, -0.15) is 0 Å². The maximum absolute atomic E-state index is 5.40. The standard InChI is InChI=1S/C20H18N2O2/c1-23-18-8-7-13(12-19(18)24-2)11-17-20-15(9-10-21-17)14-5-3-4-6-16(14)22-20/h3-10,12,22H,11H2,1-2H3. The predicted molar refractivity (Wildman–Crippen MR) is 96.0 cm³/mol. The molecule has 2 aromatic heterocycles. The Labute approximate surface area is 140 Å². The maximum Gasteiger partial charge on any atom is 0.160 e. The summed E-state index contributed by atoms with van der Waals surface area (Å²) in [6.07, 6.45) is 2.60. The molecule has 0 saturated carbocycles. The van der Waals surface area contributed by atoms with Crippen molar-refractivity contribution in [3.8, 4) is 11.5 Å².